The first kappa shape index (κ1) is 18.3. The van der Waals surface area contributed by atoms with Crippen LogP contribution in [0.15, 0.2) is 58.5 Å². The second-order valence-corrected chi connectivity index (χ2v) is 8.36. The summed E-state index contributed by atoms with van der Waals surface area (Å²) in [7, 11) is 0. The zero-order chi connectivity index (χ0) is 18.8. The topological polar surface area (TPSA) is 52.0 Å². The first-order chi connectivity index (χ1) is 13.1. The van der Waals surface area contributed by atoms with Gasteiger partial charge in [0.2, 0.25) is 0 Å². The molecule has 0 amide bonds. The standard InChI is InChI=1S/C21H19ClN2O2S/c22-15-10-11-16-17(12-15)23-21(27-19-9-5-4-8-18(19)25)24(20(16)26)13-14-6-2-1-3-7-14/h1-3,6-7,10-12,19H,4-5,8-9,13H2/t19-/m0/s1. The second-order valence-electron chi connectivity index (χ2n) is 6.75. The van der Waals surface area contributed by atoms with E-state index in [1.54, 1.807) is 22.8 Å². The summed E-state index contributed by atoms with van der Waals surface area (Å²) in [6.45, 7) is 0.425. The zero-order valence-electron chi connectivity index (χ0n) is 14.7. The van der Waals surface area contributed by atoms with Gasteiger partial charge in [-0.05, 0) is 36.6 Å². The molecule has 1 aliphatic carbocycles. The van der Waals surface area contributed by atoms with Crippen molar-refractivity contribution in [3.63, 3.8) is 0 Å². The fraction of sp³-hybridized carbons (Fsp3) is 0.286. The monoisotopic (exact) mass is 398 g/mol. The number of benzene rings is 2. The van der Waals surface area contributed by atoms with Crippen LogP contribution < -0.4 is 5.56 Å². The van der Waals surface area contributed by atoms with Crippen molar-refractivity contribution in [2.24, 2.45) is 0 Å². The van der Waals surface area contributed by atoms with Crippen molar-refractivity contribution >= 4 is 40.0 Å². The van der Waals surface area contributed by atoms with Gasteiger partial charge in [0.05, 0.1) is 22.7 Å². The number of hydrogen-bond acceptors (Lipinski definition) is 4. The highest BCUT2D eigenvalue weighted by atomic mass is 35.5. The van der Waals surface area contributed by atoms with E-state index in [0.29, 0.717) is 34.0 Å². The van der Waals surface area contributed by atoms with Crippen molar-refractivity contribution < 1.29 is 4.79 Å². The minimum Gasteiger partial charge on any atom is -0.298 e. The number of hydrogen-bond donors (Lipinski definition) is 0. The lowest BCUT2D eigenvalue weighted by Gasteiger charge is -2.21. The molecule has 138 valence electrons. The Hall–Kier alpha value is -2.11. The quantitative estimate of drug-likeness (QED) is 0.597. The van der Waals surface area contributed by atoms with Crippen LogP contribution in [-0.4, -0.2) is 20.6 Å². The van der Waals surface area contributed by atoms with Crippen molar-refractivity contribution in [3.8, 4) is 0 Å². The van der Waals surface area contributed by atoms with Crippen LogP contribution >= 0.6 is 23.4 Å². The van der Waals surface area contributed by atoms with Crippen molar-refractivity contribution in [1.82, 2.24) is 9.55 Å². The third-order valence-electron chi connectivity index (χ3n) is 4.81. The van der Waals surface area contributed by atoms with E-state index in [-0.39, 0.29) is 16.6 Å². The van der Waals surface area contributed by atoms with Gasteiger partial charge in [-0.3, -0.25) is 14.2 Å². The van der Waals surface area contributed by atoms with Crippen LogP contribution in [0, 0.1) is 0 Å². The van der Waals surface area contributed by atoms with Crippen molar-refractivity contribution in [2.75, 3.05) is 0 Å². The average Bonchev–Trinajstić information content (AvgIpc) is 2.67. The van der Waals surface area contributed by atoms with E-state index in [1.807, 2.05) is 30.3 Å². The Morgan fingerprint density at radius 3 is 2.70 bits per heavy atom. The van der Waals surface area contributed by atoms with Gasteiger partial charge in [-0.15, -0.1) is 0 Å². The van der Waals surface area contributed by atoms with Crippen LogP contribution in [0.2, 0.25) is 5.02 Å². The fourth-order valence-electron chi connectivity index (χ4n) is 3.37. The van der Waals surface area contributed by atoms with E-state index in [2.05, 4.69) is 0 Å². The Labute approximate surface area is 166 Å². The van der Waals surface area contributed by atoms with Gasteiger partial charge in [0, 0.05) is 11.4 Å². The van der Waals surface area contributed by atoms with Gasteiger partial charge in [0.15, 0.2) is 5.16 Å². The lowest BCUT2D eigenvalue weighted by Crippen LogP contribution is -2.27. The summed E-state index contributed by atoms with van der Waals surface area (Å²) in [5.41, 5.74) is 1.49. The molecule has 0 radical (unpaired) electrons. The van der Waals surface area contributed by atoms with E-state index in [1.165, 1.54) is 11.8 Å². The Bertz CT molecular complexity index is 1050. The molecule has 6 heteroatoms. The molecular formula is C21H19ClN2O2S. The minimum absolute atomic E-state index is 0.105. The van der Waals surface area contributed by atoms with Crippen LogP contribution in [0.5, 0.6) is 0 Å². The summed E-state index contributed by atoms with van der Waals surface area (Å²) < 4.78 is 1.68. The summed E-state index contributed by atoms with van der Waals surface area (Å²) in [6, 6.07) is 14.9. The number of fused-ring (bicyclic) bond motifs is 1. The van der Waals surface area contributed by atoms with Crippen LogP contribution in [0.25, 0.3) is 10.9 Å². The second kappa shape index (κ2) is 7.87. The average molecular weight is 399 g/mol. The molecule has 1 atom stereocenters. The molecule has 1 aromatic heterocycles. The number of thioether (sulfide) groups is 1. The molecule has 4 nitrogen and oxygen atoms in total. The zero-order valence-corrected chi connectivity index (χ0v) is 16.3. The molecular weight excluding hydrogens is 380 g/mol. The Kier molecular flexibility index (Phi) is 5.32. The molecule has 1 saturated carbocycles. The minimum atomic E-state index is -0.135. The number of aromatic nitrogens is 2. The number of carbonyl (C=O) groups excluding carboxylic acids is 1. The van der Waals surface area contributed by atoms with Gasteiger partial charge in [0.1, 0.15) is 5.78 Å². The highest BCUT2D eigenvalue weighted by Gasteiger charge is 2.25. The predicted octanol–water partition coefficient (Wildman–Crippen LogP) is 4.70. The first-order valence-corrected chi connectivity index (χ1v) is 10.3. The third kappa shape index (κ3) is 3.94. The molecule has 0 unspecified atom stereocenters. The molecule has 3 aromatic rings. The molecule has 27 heavy (non-hydrogen) atoms. The molecule has 1 heterocycles. The molecule has 0 bridgehead atoms. The lowest BCUT2D eigenvalue weighted by molar-refractivity contribution is -0.119. The van der Waals surface area contributed by atoms with Crippen LogP contribution in [0.1, 0.15) is 31.2 Å². The van der Waals surface area contributed by atoms with E-state index in [4.69, 9.17) is 16.6 Å². The number of carbonyl (C=O) groups is 1. The summed E-state index contributed by atoms with van der Waals surface area (Å²) in [4.78, 5) is 30.2. The fourth-order valence-corrected chi connectivity index (χ4v) is 4.75. The number of Topliss-reactive ketones (excluding diaryl/α,β-unsaturated/α-hetero) is 1. The van der Waals surface area contributed by atoms with Crippen LogP contribution in [0.4, 0.5) is 0 Å². The molecule has 4 rings (SSSR count). The normalized spacial score (nSPS) is 17.4. The van der Waals surface area contributed by atoms with E-state index in [0.717, 1.165) is 24.8 Å². The maximum absolute atomic E-state index is 13.2. The molecule has 0 spiro atoms. The maximum Gasteiger partial charge on any atom is 0.262 e. The van der Waals surface area contributed by atoms with E-state index < -0.39 is 0 Å². The summed E-state index contributed by atoms with van der Waals surface area (Å²) in [6.07, 6.45) is 3.43. The van der Waals surface area contributed by atoms with Crippen LogP contribution in [0.3, 0.4) is 0 Å². The smallest absolute Gasteiger partial charge is 0.262 e. The summed E-state index contributed by atoms with van der Waals surface area (Å²) >= 11 is 7.51. The number of rotatable bonds is 4. The van der Waals surface area contributed by atoms with Gasteiger partial charge in [-0.25, -0.2) is 4.98 Å². The third-order valence-corrected chi connectivity index (χ3v) is 6.35. The van der Waals surface area contributed by atoms with Crippen LogP contribution in [-0.2, 0) is 11.3 Å². The number of ketones is 1. The molecule has 1 fully saturated rings. The predicted molar refractivity (Wildman–Crippen MR) is 110 cm³/mol. The van der Waals surface area contributed by atoms with Crippen molar-refractivity contribution in [1.29, 1.82) is 0 Å². The highest BCUT2D eigenvalue weighted by molar-refractivity contribution is 8.00. The SMILES string of the molecule is O=C1CCCC[C@@H]1Sc1nc2cc(Cl)ccc2c(=O)n1Cc1ccccc1. The highest BCUT2D eigenvalue weighted by Crippen LogP contribution is 2.31. The van der Waals surface area contributed by atoms with Gasteiger partial charge in [0.25, 0.3) is 5.56 Å². The summed E-state index contributed by atoms with van der Waals surface area (Å²) in [5, 5.41) is 1.53. The van der Waals surface area contributed by atoms with Gasteiger partial charge < -0.3 is 0 Å². The molecule has 0 N–H and O–H groups in total. The Balaban J connectivity index is 1.81. The van der Waals surface area contributed by atoms with E-state index >= 15 is 0 Å². The van der Waals surface area contributed by atoms with Crippen molar-refractivity contribution in [3.05, 3.63) is 69.5 Å². The molecule has 0 saturated heterocycles. The van der Waals surface area contributed by atoms with Gasteiger partial charge in [-0.2, -0.15) is 0 Å². The van der Waals surface area contributed by atoms with Gasteiger partial charge >= 0.3 is 0 Å². The molecule has 0 aliphatic heterocycles. The summed E-state index contributed by atoms with van der Waals surface area (Å²) in [5.74, 6) is 0.248. The lowest BCUT2D eigenvalue weighted by atomic mass is 9.99. The van der Waals surface area contributed by atoms with Crippen molar-refractivity contribution in [2.45, 2.75) is 42.6 Å². The Morgan fingerprint density at radius 1 is 1.11 bits per heavy atom. The Morgan fingerprint density at radius 2 is 1.93 bits per heavy atom. The number of halogens is 1. The molecule has 2 aromatic carbocycles. The maximum atomic E-state index is 13.2. The van der Waals surface area contributed by atoms with Gasteiger partial charge in [-0.1, -0.05) is 60.1 Å². The molecule has 1 aliphatic rings. The first-order valence-electron chi connectivity index (χ1n) is 9.05. The van der Waals surface area contributed by atoms with E-state index in [9.17, 15) is 9.59 Å². The number of nitrogens with zero attached hydrogens (tertiary/aromatic N) is 2. The largest absolute Gasteiger partial charge is 0.298 e.